The van der Waals surface area contributed by atoms with E-state index in [9.17, 15) is 0 Å². The molecule has 6 heteroatoms. The Balaban J connectivity index is 2.64. The van der Waals surface area contributed by atoms with Crippen molar-refractivity contribution in [3.63, 3.8) is 0 Å². The number of benzene rings is 1. The lowest BCUT2D eigenvalue weighted by atomic mass is 10.1. The molecule has 2 aromatic rings. The molecule has 94 valence electrons. The number of aliphatic hydroxyl groups is 1. The summed E-state index contributed by atoms with van der Waals surface area (Å²) in [5.74, 6) is 0. The van der Waals surface area contributed by atoms with Crippen molar-refractivity contribution in [1.82, 2.24) is 4.98 Å². The fourth-order valence-electron chi connectivity index (χ4n) is 1.46. The second-order valence-electron chi connectivity index (χ2n) is 3.54. The number of rotatable bonds is 2. The van der Waals surface area contributed by atoms with E-state index < -0.39 is 0 Å². The molecule has 0 unspecified atom stereocenters. The lowest BCUT2D eigenvalue weighted by Gasteiger charge is -2.09. The van der Waals surface area contributed by atoms with E-state index in [2.05, 4.69) is 4.98 Å². The van der Waals surface area contributed by atoms with Crippen molar-refractivity contribution in [1.29, 1.82) is 0 Å². The lowest BCUT2D eigenvalue weighted by Crippen LogP contribution is -1.93. The number of aromatic nitrogens is 1. The Labute approximate surface area is 124 Å². The van der Waals surface area contributed by atoms with Crippen LogP contribution in [-0.2, 0) is 6.61 Å². The summed E-state index contributed by atoms with van der Waals surface area (Å²) in [4.78, 5) is 4.22. The quantitative estimate of drug-likeness (QED) is 0.801. The standard InChI is InChI=1S/C12H7Cl4NO/c13-8-2-1-6(5-18)17-12(8)7-3-10(15)11(16)4-9(7)14/h1-4,18H,5H2. The van der Waals surface area contributed by atoms with E-state index in [0.29, 0.717) is 37.0 Å². The van der Waals surface area contributed by atoms with Gasteiger partial charge in [0.15, 0.2) is 0 Å². The molecular weight excluding hydrogens is 316 g/mol. The fourth-order valence-corrected chi connectivity index (χ4v) is 2.31. The summed E-state index contributed by atoms with van der Waals surface area (Å²) in [6.45, 7) is -0.177. The van der Waals surface area contributed by atoms with E-state index >= 15 is 0 Å². The van der Waals surface area contributed by atoms with Gasteiger partial charge < -0.3 is 5.11 Å². The van der Waals surface area contributed by atoms with Crippen LogP contribution in [0.1, 0.15) is 5.69 Å². The third kappa shape index (κ3) is 2.73. The average molecular weight is 323 g/mol. The monoisotopic (exact) mass is 321 g/mol. The Hall–Kier alpha value is -0.510. The highest BCUT2D eigenvalue weighted by Gasteiger charge is 2.13. The van der Waals surface area contributed by atoms with Crippen LogP contribution in [0.25, 0.3) is 11.3 Å². The molecular formula is C12H7Cl4NO. The van der Waals surface area contributed by atoms with Crippen molar-refractivity contribution in [3.05, 3.63) is 50.0 Å². The molecule has 1 aromatic heterocycles. The van der Waals surface area contributed by atoms with Crippen molar-refractivity contribution >= 4 is 46.4 Å². The first kappa shape index (κ1) is 13.9. The van der Waals surface area contributed by atoms with Gasteiger partial charge in [0.2, 0.25) is 0 Å². The SMILES string of the molecule is OCc1ccc(Cl)c(-c2cc(Cl)c(Cl)cc2Cl)n1. The Morgan fingerprint density at radius 2 is 1.56 bits per heavy atom. The minimum atomic E-state index is -0.177. The summed E-state index contributed by atoms with van der Waals surface area (Å²) in [6.07, 6.45) is 0. The Bertz CT molecular complexity index is 601. The summed E-state index contributed by atoms with van der Waals surface area (Å²) >= 11 is 24.0. The molecule has 1 N–H and O–H groups in total. The third-order valence-corrected chi connectivity index (χ3v) is 3.67. The Kier molecular flexibility index (Phi) is 4.36. The van der Waals surface area contributed by atoms with Crippen molar-refractivity contribution in [2.24, 2.45) is 0 Å². The van der Waals surface area contributed by atoms with Gasteiger partial charge in [0.25, 0.3) is 0 Å². The summed E-state index contributed by atoms with van der Waals surface area (Å²) in [7, 11) is 0. The van der Waals surface area contributed by atoms with Crippen molar-refractivity contribution < 1.29 is 5.11 Å². The summed E-state index contributed by atoms with van der Waals surface area (Å²) in [6, 6.07) is 6.41. The molecule has 0 atom stereocenters. The van der Waals surface area contributed by atoms with Crippen LogP contribution in [-0.4, -0.2) is 10.1 Å². The van der Waals surface area contributed by atoms with Gasteiger partial charge in [-0.1, -0.05) is 46.4 Å². The first-order valence-electron chi connectivity index (χ1n) is 4.94. The van der Waals surface area contributed by atoms with E-state index in [4.69, 9.17) is 51.5 Å². The summed E-state index contributed by atoms with van der Waals surface area (Å²) < 4.78 is 0. The number of hydrogen-bond acceptors (Lipinski definition) is 2. The molecule has 0 amide bonds. The molecule has 2 nitrogen and oxygen atoms in total. The molecule has 0 aliphatic heterocycles. The van der Waals surface area contributed by atoms with Crippen LogP contribution >= 0.6 is 46.4 Å². The summed E-state index contributed by atoms with van der Waals surface area (Å²) in [5.41, 5.74) is 1.54. The zero-order valence-corrected chi connectivity index (χ0v) is 11.9. The Morgan fingerprint density at radius 3 is 2.22 bits per heavy atom. The number of halogens is 4. The largest absolute Gasteiger partial charge is 0.390 e. The van der Waals surface area contributed by atoms with Crippen LogP contribution in [0, 0.1) is 0 Å². The zero-order valence-electron chi connectivity index (χ0n) is 8.92. The molecule has 0 bridgehead atoms. The van der Waals surface area contributed by atoms with E-state index in [-0.39, 0.29) is 6.61 Å². The maximum atomic E-state index is 9.08. The smallest absolute Gasteiger partial charge is 0.0907 e. The highest BCUT2D eigenvalue weighted by Crippen LogP contribution is 2.37. The molecule has 0 spiro atoms. The predicted octanol–water partition coefficient (Wildman–Crippen LogP) is 4.85. The number of aliphatic hydroxyl groups excluding tert-OH is 1. The van der Waals surface area contributed by atoms with Crippen LogP contribution in [0.4, 0.5) is 0 Å². The lowest BCUT2D eigenvalue weighted by molar-refractivity contribution is 0.277. The molecule has 0 aliphatic carbocycles. The average Bonchev–Trinajstić information content (AvgIpc) is 2.35. The van der Waals surface area contributed by atoms with E-state index in [1.54, 1.807) is 18.2 Å². The molecule has 1 aromatic carbocycles. The van der Waals surface area contributed by atoms with E-state index in [1.807, 2.05) is 0 Å². The van der Waals surface area contributed by atoms with Gasteiger partial charge >= 0.3 is 0 Å². The fraction of sp³-hybridized carbons (Fsp3) is 0.0833. The third-order valence-electron chi connectivity index (χ3n) is 2.33. The second kappa shape index (κ2) is 5.64. The van der Waals surface area contributed by atoms with Gasteiger partial charge in [0.1, 0.15) is 0 Å². The molecule has 0 saturated heterocycles. The van der Waals surface area contributed by atoms with E-state index in [0.717, 1.165) is 0 Å². The topological polar surface area (TPSA) is 33.1 Å². The first-order chi connectivity index (χ1) is 8.52. The van der Waals surface area contributed by atoms with Crippen LogP contribution in [0.3, 0.4) is 0 Å². The molecule has 18 heavy (non-hydrogen) atoms. The van der Waals surface area contributed by atoms with Gasteiger partial charge in [-0.2, -0.15) is 0 Å². The minimum absolute atomic E-state index is 0.177. The molecule has 0 aliphatic rings. The Morgan fingerprint density at radius 1 is 0.889 bits per heavy atom. The van der Waals surface area contributed by atoms with Gasteiger partial charge in [0, 0.05) is 5.56 Å². The molecule has 0 radical (unpaired) electrons. The van der Waals surface area contributed by atoms with Crippen molar-refractivity contribution in [2.75, 3.05) is 0 Å². The second-order valence-corrected chi connectivity index (χ2v) is 5.17. The zero-order chi connectivity index (χ0) is 13.3. The molecule has 2 rings (SSSR count). The number of pyridine rings is 1. The normalized spacial score (nSPS) is 10.7. The number of nitrogens with zero attached hydrogens (tertiary/aromatic N) is 1. The molecule has 0 saturated carbocycles. The number of hydrogen-bond donors (Lipinski definition) is 1. The highest BCUT2D eigenvalue weighted by molar-refractivity contribution is 6.44. The van der Waals surface area contributed by atoms with Gasteiger partial charge in [-0.25, -0.2) is 4.98 Å². The summed E-state index contributed by atoms with van der Waals surface area (Å²) in [5, 5.41) is 10.6. The van der Waals surface area contributed by atoms with Crippen LogP contribution < -0.4 is 0 Å². The first-order valence-corrected chi connectivity index (χ1v) is 6.45. The van der Waals surface area contributed by atoms with Gasteiger partial charge in [-0.05, 0) is 24.3 Å². The van der Waals surface area contributed by atoms with Crippen LogP contribution in [0.15, 0.2) is 24.3 Å². The maximum absolute atomic E-state index is 9.08. The molecule has 1 heterocycles. The van der Waals surface area contributed by atoms with Crippen LogP contribution in [0.2, 0.25) is 20.1 Å². The van der Waals surface area contributed by atoms with Gasteiger partial charge in [-0.15, -0.1) is 0 Å². The maximum Gasteiger partial charge on any atom is 0.0907 e. The minimum Gasteiger partial charge on any atom is -0.390 e. The van der Waals surface area contributed by atoms with E-state index in [1.165, 1.54) is 6.07 Å². The van der Waals surface area contributed by atoms with Gasteiger partial charge in [0.05, 0.1) is 38.1 Å². The predicted molar refractivity (Wildman–Crippen MR) is 75.6 cm³/mol. The van der Waals surface area contributed by atoms with Crippen molar-refractivity contribution in [3.8, 4) is 11.3 Å². The molecule has 0 fully saturated rings. The van der Waals surface area contributed by atoms with Gasteiger partial charge in [-0.3, -0.25) is 0 Å². The highest BCUT2D eigenvalue weighted by atomic mass is 35.5. The van der Waals surface area contributed by atoms with Crippen LogP contribution in [0.5, 0.6) is 0 Å². The van der Waals surface area contributed by atoms with Crippen molar-refractivity contribution in [2.45, 2.75) is 6.61 Å².